The highest BCUT2D eigenvalue weighted by molar-refractivity contribution is 6.31. The molecule has 0 heterocycles. The van der Waals surface area contributed by atoms with Crippen molar-refractivity contribution < 1.29 is 4.79 Å². The number of rotatable bonds is 5. The van der Waals surface area contributed by atoms with Crippen LogP contribution < -0.4 is 11.1 Å². The van der Waals surface area contributed by atoms with E-state index in [1.165, 1.54) is 19.3 Å². The minimum Gasteiger partial charge on any atom is -0.398 e. The Labute approximate surface area is 113 Å². The van der Waals surface area contributed by atoms with Gasteiger partial charge in [0.2, 0.25) is 0 Å². The average molecular weight is 267 g/mol. The van der Waals surface area contributed by atoms with Gasteiger partial charge in [-0.1, -0.05) is 24.9 Å². The largest absolute Gasteiger partial charge is 0.398 e. The van der Waals surface area contributed by atoms with Gasteiger partial charge in [-0.25, -0.2) is 0 Å². The molecule has 0 bridgehead atoms. The summed E-state index contributed by atoms with van der Waals surface area (Å²) in [5, 5.41) is 3.51. The molecule has 2 rings (SSSR count). The number of nitrogens with one attached hydrogen (secondary N) is 1. The zero-order valence-corrected chi connectivity index (χ0v) is 11.4. The maximum absolute atomic E-state index is 12.0. The molecule has 98 valence electrons. The first-order valence-electron chi connectivity index (χ1n) is 6.39. The van der Waals surface area contributed by atoms with Crippen LogP contribution in [0, 0.1) is 5.41 Å². The third kappa shape index (κ3) is 2.96. The van der Waals surface area contributed by atoms with Gasteiger partial charge in [0.25, 0.3) is 5.91 Å². The Morgan fingerprint density at radius 1 is 1.50 bits per heavy atom. The average Bonchev–Trinajstić information content (AvgIpc) is 3.10. The highest BCUT2D eigenvalue weighted by atomic mass is 35.5. The molecule has 4 heteroatoms. The van der Waals surface area contributed by atoms with Crippen molar-refractivity contribution >= 4 is 23.2 Å². The summed E-state index contributed by atoms with van der Waals surface area (Å²) in [6.45, 7) is 2.92. The van der Waals surface area contributed by atoms with Crippen molar-refractivity contribution in [1.29, 1.82) is 0 Å². The molecule has 1 saturated carbocycles. The summed E-state index contributed by atoms with van der Waals surface area (Å²) in [4.78, 5) is 12.0. The molecule has 3 N–H and O–H groups in total. The van der Waals surface area contributed by atoms with E-state index < -0.39 is 0 Å². The Hall–Kier alpha value is -1.22. The standard InChI is InChI=1S/C14H19ClN2O/c1-2-5-14(6-7-14)9-17-13(18)11-8-10(15)3-4-12(11)16/h3-4,8H,2,5-7,9,16H2,1H3,(H,17,18). The van der Waals surface area contributed by atoms with Gasteiger partial charge in [-0.3, -0.25) is 4.79 Å². The smallest absolute Gasteiger partial charge is 0.253 e. The van der Waals surface area contributed by atoms with E-state index in [4.69, 9.17) is 17.3 Å². The van der Waals surface area contributed by atoms with Crippen LogP contribution in [0.4, 0.5) is 5.69 Å². The van der Waals surface area contributed by atoms with Crippen molar-refractivity contribution in [3.05, 3.63) is 28.8 Å². The van der Waals surface area contributed by atoms with Crippen molar-refractivity contribution in [1.82, 2.24) is 5.32 Å². The van der Waals surface area contributed by atoms with E-state index in [1.807, 2.05) is 0 Å². The fourth-order valence-corrected chi connectivity index (χ4v) is 2.48. The van der Waals surface area contributed by atoms with E-state index >= 15 is 0 Å². The summed E-state index contributed by atoms with van der Waals surface area (Å²) < 4.78 is 0. The van der Waals surface area contributed by atoms with E-state index in [0.29, 0.717) is 21.7 Å². The number of benzene rings is 1. The first-order valence-corrected chi connectivity index (χ1v) is 6.77. The van der Waals surface area contributed by atoms with E-state index in [-0.39, 0.29) is 5.91 Å². The van der Waals surface area contributed by atoms with Crippen LogP contribution in [0.2, 0.25) is 5.02 Å². The Morgan fingerprint density at radius 2 is 2.22 bits per heavy atom. The lowest BCUT2D eigenvalue weighted by molar-refractivity contribution is 0.0944. The molecule has 1 aromatic rings. The van der Waals surface area contributed by atoms with Gasteiger partial charge in [0, 0.05) is 17.3 Å². The van der Waals surface area contributed by atoms with Crippen molar-refractivity contribution in [3.8, 4) is 0 Å². The lowest BCUT2D eigenvalue weighted by Crippen LogP contribution is -2.30. The van der Waals surface area contributed by atoms with Gasteiger partial charge in [-0.05, 0) is 42.9 Å². The molecule has 0 aliphatic heterocycles. The molecule has 1 aliphatic carbocycles. The SMILES string of the molecule is CCCC1(CNC(=O)c2cc(Cl)ccc2N)CC1. The number of hydrogen-bond acceptors (Lipinski definition) is 2. The predicted molar refractivity (Wildman–Crippen MR) is 74.8 cm³/mol. The van der Waals surface area contributed by atoms with Gasteiger partial charge in [0.15, 0.2) is 0 Å². The number of nitrogen functional groups attached to an aromatic ring is 1. The third-order valence-electron chi connectivity index (χ3n) is 3.62. The first-order chi connectivity index (χ1) is 8.56. The summed E-state index contributed by atoms with van der Waals surface area (Å²) in [6.07, 6.45) is 4.77. The number of hydrogen-bond donors (Lipinski definition) is 2. The summed E-state index contributed by atoms with van der Waals surface area (Å²) in [6, 6.07) is 4.97. The minimum atomic E-state index is -0.127. The molecular formula is C14H19ClN2O. The molecule has 3 nitrogen and oxygen atoms in total. The fourth-order valence-electron chi connectivity index (χ4n) is 2.31. The van der Waals surface area contributed by atoms with Crippen molar-refractivity contribution in [3.63, 3.8) is 0 Å². The molecule has 0 unspecified atom stereocenters. The van der Waals surface area contributed by atoms with Crippen LogP contribution in [0.3, 0.4) is 0 Å². The lowest BCUT2D eigenvalue weighted by atomic mass is 10.0. The quantitative estimate of drug-likeness (QED) is 0.804. The fraction of sp³-hybridized carbons (Fsp3) is 0.500. The topological polar surface area (TPSA) is 55.1 Å². The minimum absolute atomic E-state index is 0.127. The van der Waals surface area contributed by atoms with E-state index in [2.05, 4.69) is 12.2 Å². The van der Waals surface area contributed by atoms with Gasteiger partial charge in [0.1, 0.15) is 0 Å². The summed E-state index contributed by atoms with van der Waals surface area (Å²) in [5.74, 6) is -0.127. The lowest BCUT2D eigenvalue weighted by Gasteiger charge is -2.15. The van der Waals surface area contributed by atoms with E-state index in [0.717, 1.165) is 13.0 Å². The normalized spacial score (nSPS) is 16.3. The molecule has 1 aromatic carbocycles. The van der Waals surface area contributed by atoms with Crippen molar-refractivity contribution in [2.75, 3.05) is 12.3 Å². The number of carbonyl (C=O) groups excluding carboxylic acids is 1. The molecule has 0 spiro atoms. The summed E-state index contributed by atoms with van der Waals surface area (Å²) >= 11 is 5.88. The summed E-state index contributed by atoms with van der Waals surface area (Å²) in [7, 11) is 0. The molecule has 0 saturated heterocycles. The molecule has 18 heavy (non-hydrogen) atoms. The van der Waals surface area contributed by atoms with E-state index in [1.54, 1.807) is 18.2 Å². The molecule has 1 fully saturated rings. The number of anilines is 1. The van der Waals surface area contributed by atoms with E-state index in [9.17, 15) is 4.79 Å². The van der Waals surface area contributed by atoms with Crippen LogP contribution in [0.15, 0.2) is 18.2 Å². The second-order valence-corrected chi connectivity index (χ2v) is 5.60. The van der Waals surface area contributed by atoms with Gasteiger partial charge in [-0.2, -0.15) is 0 Å². The maximum atomic E-state index is 12.0. The molecule has 0 radical (unpaired) electrons. The van der Waals surface area contributed by atoms with Crippen LogP contribution >= 0.6 is 11.6 Å². The highest BCUT2D eigenvalue weighted by Crippen LogP contribution is 2.48. The van der Waals surface area contributed by atoms with Gasteiger partial charge in [0.05, 0.1) is 5.56 Å². The first kappa shape index (κ1) is 13.2. The second-order valence-electron chi connectivity index (χ2n) is 5.16. The van der Waals surface area contributed by atoms with Crippen LogP contribution in [-0.2, 0) is 0 Å². The highest BCUT2D eigenvalue weighted by Gasteiger charge is 2.41. The zero-order valence-electron chi connectivity index (χ0n) is 10.6. The molecule has 0 atom stereocenters. The van der Waals surface area contributed by atoms with Gasteiger partial charge in [-0.15, -0.1) is 0 Å². The van der Waals surface area contributed by atoms with Gasteiger partial charge >= 0.3 is 0 Å². The predicted octanol–water partition coefficient (Wildman–Crippen LogP) is 3.23. The Balaban J connectivity index is 1.98. The van der Waals surface area contributed by atoms with Crippen LogP contribution in [0.25, 0.3) is 0 Å². The Morgan fingerprint density at radius 3 is 2.83 bits per heavy atom. The van der Waals surface area contributed by atoms with Crippen LogP contribution in [-0.4, -0.2) is 12.5 Å². The molecular weight excluding hydrogens is 248 g/mol. The van der Waals surface area contributed by atoms with Gasteiger partial charge < -0.3 is 11.1 Å². The maximum Gasteiger partial charge on any atom is 0.253 e. The Kier molecular flexibility index (Phi) is 3.81. The van der Waals surface area contributed by atoms with Crippen LogP contribution in [0.5, 0.6) is 0 Å². The van der Waals surface area contributed by atoms with Crippen LogP contribution in [0.1, 0.15) is 43.0 Å². The summed E-state index contributed by atoms with van der Waals surface area (Å²) in [5.41, 5.74) is 7.07. The van der Waals surface area contributed by atoms with Crippen molar-refractivity contribution in [2.24, 2.45) is 5.41 Å². The number of carbonyl (C=O) groups is 1. The number of halogens is 1. The zero-order chi connectivity index (χ0) is 13.2. The number of amides is 1. The second kappa shape index (κ2) is 5.19. The van der Waals surface area contributed by atoms with Crippen molar-refractivity contribution in [2.45, 2.75) is 32.6 Å². The molecule has 0 aromatic heterocycles. The molecule has 1 aliphatic rings. The monoisotopic (exact) mass is 266 g/mol. The molecule has 1 amide bonds. The number of nitrogens with two attached hydrogens (primary N) is 1. The Bertz CT molecular complexity index is 455. The third-order valence-corrected chi connectivity index (χ3v) is 3.86.